The van der Waals surface area contributed by atoms with E-state index in [2.05, 4.69) is 17.6 Å². The fourth-order valence-corrected chi connectivity index (χ4v) is 3.04. The predicted octanol–water partition coefficient (Wildman–Crippen LogP) is 2.88. The molecule has 6 nitrogen and oxygen atoms in total. The van der Waals surface area contributed by atoms with Gasteiger partial charge in [-0.25, -0.2) is 0 Å². The number of furan rings is 1. The van der Waals surface area contributed by atoms with E-state index in [0.29, 0.717) is 23.7 Å². The van der Waals surface area contributed by atoms with Crippen LogP contribution in [-0.2, 0) is 11.3 Å². The molecule has 6 heteroatoms. The number of hydrogen-bond donors (Lipinski definition) is 2. The van der Waals surface area contributed by atoms with Gasteiger partial charge in [0.2, 0.25) is 5.91 Å². The Kier molecular flexibility index (Phi) is 6.07. The number of piperidine rings is 1. The lowest BCUT2D eigenvalue weighted by molar-refractivity contribution is -0.115. The van der Waals surface area contributed by atoms with Gasteiger partial charge in [-0.1, -0.05) is 13.0 Å². The Morgan fingerprint density at radius 1 is 1.19 bits per heavy atom. The highest BCUT2D eigenvalue weighted by Crippen LogP contribution is 2.19. The molecule has 0 radical (unpaired) electrons. The number of benzene rings is 1. The maximum atomic E-state index is 12.6. The molecule has 1 saturated heterocycles. The Bertz CT molecular complexity index is 735. The molecular weight excluding hydrogens is 330 g/mol. The van der Waals surface area contributed by atoms with Crippen molar-refractivity contribution in [2.75, 3.05) is 25.0 Å². The van der Waals surface area contributed by atoms with Gasteiger partial charge in [-0.15, -0.1) is 0 Å². The molecule has 0 saturated carbocycles. The highest BCUT2D eigenvalue weighted by Gasteiger charge is 2.21. The molecular formula is C20H25N3O3. The summed E-state index contributed by atoms with van der Waals surface area (Å²) in [4.78, 5) is 26.6. The first-order valence-corrected chi connectivity index (χ1v) is 9.04. The molecule has 0 aliphatic carbocycles. The number of carbonyl (C=O) groups is 2. The van der Waals surface area contributed by atoms with Crippen molar-refractivity contribution in [3.05, 3.63) is 54.0 Å². The van der Waals surface area contributed by atoms with E-state index in [1.165, 1.54) is 0 Å². The number of anilines is 1. The van der Waals surface area contributed by atoms with Gasteiger partial charge in [0, 0.05) is 24.3 Å². The third kappa shape index (κ3) is 4.95. The van der Waals surface area contributed by atoms with Crippen LogP contribution in [0.25, 0.3) is 0 Å². The molecule has 0 unspecified atom stereocenters. The molecule has 0 spiro atoms. The van der Waals surface area contributed by atoms with Gasteiger partial charge in [0.1, 0.15) is 5.76 Å². The summed E-state index contributed by atoms with van der Waals surface area (Å²) >= 11 is 0. The van der Waals surface area contributed by atoms with Crippen LogP contribution in [0.15, 0.2) is 47.1 Å². The number of carbonyl (C=O) groups excluding carboxylic acids is 2. The Labute approximate surface area is 153 Å². The highest BCUT2D eigenvalue weighted by atomic mass is 16.3. The van der Waals surface area contributed by atoms with Crippen molar-refractivity contribution in [1.29, 1.82) is 0 Å². The third-order valence-corrected chi connectivity index (χ3v) is 4.63. The van der Waals surface area contributed by atoms with E-state index in [9.17, 15) is 9.59 Å². The predicted molar refractivity (Wildman–Crippen MR) is 99.8 cm³/mol. The summed E-state index contributed by atoms with van der Waals surface area (Å²) in [5, 5.41) is 5.84. The Balaban J connectivity index is 1.51. The lowest BCUT2D eigenvalue weighted by Crippen LogP contribution is -2.37. The zero-order valence-corrected chi connectivity index (χ0v) is 15.0. The molecule has 1 aliphatic rings. The molecule has 1 fully saturated rings. The van der Waals surface area contributed by atoms with Gasteiger partial charge in [0.25, 0.3) is 5.91 Å². The van der Waals surface area contributed by atoms with E-state index >= 15 is 0 Å². The number of nitrogens with one attached hydrogen (secondary N) is 2. The Morgan fingerprint density at radius 3 is 2.73 bits per heavy atom. The quantitative estimate of drug-likeness (QED) is 0.836. The summed E-state index contributed by atoms with van der Waals surface area (Å²) in [6, 6.07) is 10.8. The molecule has 2 amide bonds. The second-order valence-corrected chi connectivity index (χ2v) is 6.79. The van der Waals surface area contributed by atoms with E-state index in [1.807, 2.05) is 17.0 Å². The summed E-state index contributed by atoms with van der Waals surface area (Å²) in [6.45, 7) is 4.48. The largest absolute Gasteiger partial charge is 0.468 e. The molecule has 26 heavy (non-hydrogen) atoms. The number of rotatable bonds is 6. The third-order valence-electron chi connectivity index (χ3n) is 4.63. The fourth-order valence-electron chi connectivity index (χ4n) is 3.04. The van der Waals surface area contributed by atoms with E-state index in [0.717, 1.165) is 31.7 Å². The zero-order chi connectivity index (χ0) is 18.4. The zero-order valence-electron chi connectivity index (χ0n) is 15.0. The van der Waals surface area contributed by atoms with Crippen molar-refractivity contribution < 1.29 is 14.0 Å². The standard InChI is InChI=1S/C20H25N3O3/c1-15-7-9-23(10-8-15)20(25)16-4-2-5-17(12-16)22-19(24)14-21-13-18-6-3-11-26-18/h2-6,11-12,15,21H,7-10,13-14H2,1H3,(H,22,24). The highest BCUT2D eigenvalue weighted by molar-refractivity contribution is 5.97. The van der Waals surface area contributed by atoms with Crippen LogP contribution in [0.2, 0.25) is 0 Å². The van der Waals surface area contributed by atoms with Crippen LogP contribution in [0.3, 0.4) is 0 Å². The first-order chi connectivity index (χ1) is 12.6. The van der Waals surface area contributed by atoms with Crippen LogP contribution in [0.4, 0.5) is 5.69 Å². The second-order valence-electron chi connectivity index (χ2n) is 6.79. The average Bonchev–Trinajstić information content (AvgIpc) is 3.15. The molecule has 1 aliphatic heterocycles. The molecule has 0 atom stereocenters. The van der Waals surface area contributed by atoms with Gasteiger partial charge in [-0.3, -0.25) is 9.59 Å². The summed E-state index contributed by atoms with van der Waals surface area (Å²) in [5.74, 6) is 1.33. The van der Waals surface area contributed by atoms with Crippen LogP contribution in [-0.4, -0.2) is 36.3 Å². The van der Waals surface area contributed by atoms with Crippen molar-refractivity contribution in [1.82, 2.24) is 10.2 Å². The van der Waals surface area contributed by atoms with Gasteiger partial charge in [-0.2, -0.15) is 0 Å². The minimum absolute atomic E-state index is 0.0314. The monoisotopic (exact) mass is 355 g/mol. The van der Waals surface area contributed by atoms with Crippen LogP contribution >= 0.6 is 0 Å². The van der Waals surface area contributed by atoms with Crippen LogP contribution in [0.5, 0.6) is 0 Å². The van der Waals surface area contributed by atoms with E-state index in [1.54, 1.807) is 30.5 Å². The molecule has 0 bridgehead atoms. The molecule has 1 aromatic carbocycles. The van der Waals surface area contributed by atoms with E-state index in [-0.39, 0.29) is 18.4 Å². The normalized spacial score (nSPS) is 15.0. The average molecular weight is 355 g/mol. The molecule has 2 N–H and O–H groups in total. The molecule has 3 rings (SSSR count). The van der Waals surface area contributed by atoms with Crippen molar-refractivity contribution in [3.63, 3.8) is 0 Å². The molecule has 138 valence electrons. The Hall–Kier alpha value is -2.60. The van der Waals surface area contributed by atoms with Crippen molar-refractivity contribution >= 4 is 17.5 Å². The van der Waals surface area contributed by atoms with Crippen molar-refractivity contribution in [2.24, 2.45) is 5.92 Å². The van der Waals surface area contributed by atoms with E-state index < -0.39 is 0 Å². The van der Waals surface area contributed by atoms with Gasteiger partial charge >= 0.3 is 0 Å². The number of nitrogens with zero attached hydrogens (tertiary/aromatic N) is 1. The molecule has 2 aromatic rings. The summed E-state index contributed by atoms with van der Waals surface area (Å²) < 4.78 is 5.20. The topological polar surface area (TPSA) is 74.6 Å². The van der Waals surface area contributed by atoms with Crippen molar-refractivity contribution in [3.8, 4) is 0 Å². The number of likely N-dealkylation sites (tertiary alicyclic amines) is 1. The number of amides is 2. The Morgan fingerprint density at radius 2 is 2.00 bits per heavy atom. The smallest absolute Gasteiger partial charge is 0.253 e. The van der Waals surface area contributed by atoms with Crippen molar-refractivity contribution in [2.45, 2.75) is 26.3 Å². The molecule has 1 aromatic heterocycles. The first kappa shape index (κ1) is 18.2. The van der Waals surface area contributed by atoms with E-state index in [4.69, 9.17) is 4.42 Å². The van der Waals surface area contributed by atoms with Crippen LogP contribution in [0, 0.1) is 5.92 Å². The second kappa shape index (κ2) is 8.67. The minimum atomic E-state index is -0.159. The SMILES string of the molecule is CC1CCN(C(=O)c2cccc(NC(=O)CNCc3ccco3)c2)CC1. The maximum absolute atomic E-state index is 12.6. The lowest BCUT2D eigenvalue weighted by atomic mass is 9.98. The minimum Gasteiger partial charge on any atom is -0.468 e. The van der Waals surface area contributed by atoms with Gasteiger partial charge in [0.05, 0.1) is 19.4 Å². The van der Waals surface area contributed by atoms with Gasteiger partial charge in [0.15, 0.2) is 0 Å². The summed E-state index contributed by atoms with van der Waals surface area (Å²) in [6.07, 6.45) is 3.69. The fraction of sp³-hybridized carbons (Fsp3) is 0.400. The van der Waals surface area contributed by atoms with Crippen LogP contribution in [0.1, 0.15) is 35.9 Å². The summed E-state index contributed by atoms with van der Waals surface area (Å²) in [5.41, 5.74) is 1.24. The molecule has 2 heterocycles. The van der Waals surface area contributed by atoms with Gasteiger partial charge in [-0.05, 0) is 49.1 Å². The van der Waals surface area contributed by atoms with Gasteiger partial charge < -0.3 is 20.0 Å². The lowest BCUT2D eigenvalue weighted by Gasteiger charge is -2.30. The summed E-state index contributed by atoms with van der Waals surface area (Å²) in [7, 11) is 0. The first-order valence-electron chi connectivity index (χ1n) is 9.04. The maximum Gasteiger partial charge on any atom is 0.253 e. The van der Waals surface area contributed by atoms with Crippen LogP contribution < -0.4 is 10.6 Å². The number of hydrogen-bond acceptors (Lipinski definition) is 4.